The van der Waals surface area contributed by atoms with Crippen molar-refractivity contribution in [3.63, 3.8) is 0 Å². The molecule has 1 heterocycles. The molecule has 0 saturated carbocycles. The molecule has 0 aliphatic carbocycles. The van der Waals surface area contributed by atoms with Crippen molar-refractivity contribution in [3.8, 4) is 17.1 Å². The maximum Gasteiger partial charge on any atom is 0.216 e. The minimum absolute atomic E-state index is 0.125. The van der Waals surface area contributed by atoms with Crippen LogP contribution in [-0.2, 0) is 5.41 Å². The molecule has 0 aliphatic rings. The third-order valence-corrected chi connectivity index (χ3v) is 4.36. The number of nitrogens with one attached hydrogen (secondary N) is 1. The molecule has 2 aromatic carbocycles. The topological polar surface area (TPSA) is 55.2 Å². The summed E-state index contributed by atoms with van der Waals surface area (Å²) in [6.45, 7) is 6.58. The number of ether oxygens (including phenoxy) is 1. The average molecular weight is 366 g/mol. The molecule has 1 N–H and O–H groups in total. The first kappa shape index (κ1) is 18.1. The minimum atomic E-state index is 0.125. The quantitative estimate of drug-likeness (QED) is 0.533. The molecule has 0 saturated heterocycles. The van der Waals surface area contributed by atoms with Gasteiger partial charge in [0, 0.05) is 0 Å². The van der Waals surface area contributed by atoms with E-state index in [0.717, 1.165) is 11.1 Å². The van der Waals surface area contributed by atoms with E-state index in [2.05, 4.69) is 60.3 Å². The maximum absolute atomic E-state index is 5.42. The highest BCUT2D eigenvalue weighted by Crippen LogP contribution is 2.28. The van der Waals surface area contributed by atoms with Crippen LogP contribution in [0.3, 0.4) is 0 Å². The number of H-pyrrole nitrogens is 1. The van der Waals surface area contributed by atoms with Gasteiger partial charge in [0.1, 0.15) is 5.75 Å². The molecular weight excluding hydrogens is 344 g/mol. The molecule has 134 valence electrons. The van der Waals surface area contributed by atoms with Gasteiger partial charge in [-0.25, -0.2) is 5.10 Å². The molecule has 0 radical (unpaired) electrons. The van der Waals surface area contributed by atoms with E-state index >= 15 is 0 Å². The van der Waals surface area contributed by atoms with Gasteiger partial charge < -0.3 is 4.74 Å². The number of hydrogen-bond acceptors (Lipinski definition) is 4. The third-order valence-electron chi connectivity index (χ3n) is 4.10. The fourth-order valence-electron chi connectivity index (χ4n) is 2.60. The molecule has 26 heavy (non-hydrogen) atoms. The zero-order valence-electron chi connectivity index (χ0n) is 15.4. The van der Waals surface area contributed by atoms with Crippen molar-refractivity contribution >= 4 is 18.4 Å². The molecule has 5 nitrogen and oxygen atoms in total. The minimum Gasteiger partial charge on any atom is -0.496 e. The van der Waals surface area contributed by atoms with Crippen molar-refractivity contribution < 1.29 is 4.74 Å². The zero-order valence-corrected chi connectivity index (χ0v) is 16.2. The summed E-state index contributed by atoms with van der Waals surface area (Å²) in [5, 5.41) is 11.6. The number of hydrogen-bond donors (Lipinski definition) is 1. The summed E-state index contributed by atoms with van der Waals surface area (Å²) in [7, 11) is 1.63. The van der Waals surface area contributed by atoms with Gasteiger partial charge in [0.05, 0.1) is 18.9 Å². The SMILES string of the molecule is COc1ccccc1-c1n[nH]c(=S)n1/N=C\c1ccc(C(C)(C)C)cc1. The summed E-state index contributed by atoms with van der Waals surface area (Å²) < 4.78 is 7.45. The largest absolute Gasteiger partial charge is 0.496 e. The second-order valence-corrected chi connectivity index (χ2v) is 7.37. The van der Waals surface area contributed by atoms with Gasteiger partial charge in [-0.1, -0.05) is 57.2 Å². The first-order valence-electron chi connectivity index (χ1n) is 8.36. The molecule has 0 unspecified atom stereocenters. The standard InChI is InChI=1S/C20H22N4OS/c1-20(2,3)15-11-9-14(10-12-15)13-21-24-18(22-23-19(24)26)16-7-5-6-8-17(16)25-4/h5-13H,1-4H3,(H,23,26)/b21-13-. The summed E-state index contributed by atoms with van der Waals surface area (Å²) in [6.07, 6.45) is 1.77. The van der Waals surface area contributed by atoms with Crippen LogP contribution in [0.2, 0.25) is 0 Å². The smallest absolute Gasteiger partial charge is 0.216 e. The normalized spacial score (nSPS) is 11.8. The van der Waals surface area contributed by atoms with Crippen molar-refractivity contribution in [3.05, 3.63) is 64.4 Å². The van der Waals surface area contributed by atoms with Crippen molar-refractivity contribution in [2.45, 2.75) is 26.2 Å². The molecule has 0 spiro atoms. The highest BCUT2D eigenvalue weighted by atomic mass is 32.1. The molecule has 6 heteroatoms. The summed E-state index contributed by atoms with van der Waals surface area (Å²) in [6, 6.07) is 16.0. The molecule has 0 fully saturated rings. The molecular formula is C20H22N4OS. The molecule has 3 aromatic rings. The predicted molar refractivity (Wildman–Crippen MR) is 108 cm³/mol. The van der Waals surface area contributed by atoms with Crippen LogP contribution in [0.5, 0.6) is 5.75 Å². The summed E-state index contributed by atoms with van der Waals surface area (Å²) in [4.78, 5) is 0. The molecule has 1 aromatic heterocycles. The average Bonchev–Trinajstić information content (AvgIpc) is 3.00. The molecule has 0 atom stereocenters. The lowest BCUT2D eigenvalue weighted by atomic mass is 9.87. The second-order valence-electron chi connectivity index (χ2n) is 6.98. The van der Waals surface area contributed by atoms with Crippen molar-refractivity contribution in [1.82, 2.24) is 14.9 Å². The molecule has 0 aliphatic heterocycles. The Hall–Kier alpha value is -2.73. The lowest BCUT2D eigenvalue weighted by Crippen LogP contribution is -2.10. The maximum atomic E-state index is 5.42. The second kappa shape index (κ2) is 7.25. The van der Waals surface area contributed by atoms with Crippen molar-refractivity contribution in [1.29, 1.82) is 0 Å². The van der Waals surface area contributed by atoms with Crippen LogP contribution >= 0.6 is 12.2 Å². The van der Waals surface area contributed by atoms with Gasteiger partial charge in [0.25, 0.3) is 0 Å². The van der Waals surface area contributed by atoms with Gasteiger partial charge in [-0.15, -0.1) is 0 Å². The molecule has 0 bridgehead atoms. The summed E-state index contributed by atoms with van der Waals surface area (Å²) in [5.41, 5.74) is 3.22. The van der Waals surface area contributed by atoms with Crippen LogP contribution in [0.4, 0.5) is 0 Å². The number of para-hydroxylation sites is 1. The zero-order chi connectivity index (χ0) is 18.7. The fraction of sp³-hybridized carbons (Fsp3) is 0.250. The Bertz CT molecular complexity index is 978. The van der Waals surface area contributed by atoms with Crippen LogP contribution < -0.4 is 4.74 Å². The van der Waals surface area contributed by atoms with Crippen molar-refractivity contribution in [2.75, 3.05) is 7.11 Å². The van der Waals surface area contributed by atoms with E-state index in [1.807, 2.05) is 24.3 Å². The number of rotatable bonds is 4. The Morgan fingerprint density at radius 3 is 2.46 bits per heavy atom. The van der Waals surface area contributed by atoms with E-state index in [-0.39, 0.29) is 5.41 Å². The first-order valence-corrected chi connectivity index (χ1v) is 8.76. The van der Waals surface area contributed by atoms with Gasteiger partial charge in [-0.05, 0) is 40.9 Å². The Labute approximate surface area is 158 Å². The number of nitrogens with zero attached hydrogens (tertiary/aromatic N) is 3. The van der Waals surface area contributed by atoms with Crippen LogP contribution in [-0.4, -0.2) is 28.2 Å². The summed E-state index contributed by atoms with van der Waals surface area (Å²) in [5.74, 6) is 1.32. The lowest BCUT2D eigenvalue weighted by Gasteiger charge is -2.18. The highest BCUT2D eigenvalue weighted by Gasteiger charge is 2.14. The van der Waals surface area contributed by atoms with E-state index < -0.39 is 0 Å². The number of methoxy groups -OCH3 is 1. The fourth-order valence-corrected chi connectivity index (χ4v) is 2.78. The highest BCUT2D eigenvalue weighted by molar-refractivity contribution is 7.71. The van der Waals surface area contributed by atoms with Gasteiger partial charge in [0.15, 0.2) is 5.82 Å². The first-order chi connectivity index (χ1) is 12.4. The van der Waals surface area contributed by atoms with Crippen LogP contribution in [0, 0.1) is 4.77 Å². The van der Waals surface area contributed by atoms with Crippen LogP contribution in [0.1, 0.15) is 31.9 Å². The van der Waals surface area contributed by atoms with Crippen molar-refractivity contribution in [2.24, 2.45) is 5.10 Å². The Balaban J connectivity index is 1.95. The van der Waals surface area contributed by atoms with Crippen LogP contribution in [0.15, 0.2) is 53.6 Å². The molecule has 3 rings (SSSR count). The van der Waals surface area contributed by atoms with Gasteiger partial charge in [-0.2, -0.15) is 14.9 Å². The van der Waals surface area contributed by atoms with E-state index in [1.165, 1.54) is 5.56 Å². The van der Waals surface area contributed by atoms with Crippen LogP contribution in [0.25, 0.3) is 11.4 Å². The number of aromatic nitrogens is 3. The Morgan fingerprint density at radius 2 is 1.81 bits per heavy atom. The Morgan fingerprint density at radius 1 is 1.12 bits per heavy atom. The third kappa shape index (κ3) is 3.75. The molecule has 0 amide bonds. The lowest BCUT2D eigenvalue weighted by molar-refractivity contribution is 0.416. The van der Waals surface area contributed by atoms with E-state index in [1.54, 1.807) is 18.0 Å². The summed E-state index contributed by atoms with van der Waals surface area (Å²) >= 11 is 5.33. The van der Waals surface area contributed by atoms with E-state index in [4.69, 9.17) is 17.0 Å². The predicted octanol–water partition coefficient (Wildman–Crippen LogP) is 4.80. The Kier molecular flexibility index (Phi) is 5.04. The van der Waals surface area contributed by atoms with Gasteiger partial charge in [-0.3, -0.25) is 0 Å². The van der Waals surface area contributed by atoms with Gasteiger partial charge >= 0.3 is 0 Å². The monoisotopic (exact) mass is 366 g/mol. The van der Waals surface area contributed by atoms with Gasteiger partial charge in [0.2, 0.25) is 4.77 Å². The van der Waals surface area contributed by atoms with E-state index in [9.17, 15) is 0 Å². The number of benzene rings is 2. The number of aromatic amines is 1. The van der Waals surface area contributed by atoms with E-state index in [0.29, 0.717) is 16.3 Å².